The first-order chi connectivity index (χ1) is 13.2. The fraction of sp³-hybridized carbons (Fsp3) is 0.550. The van der Waals surface area contributed by atoms with Crippen molar-refractivity contribution >= 4 is 23.6 Å². The molecule has 7 heteroatoms. The van der Waals surface area contributed by atoms with Gasteiger partial charge in [-0.1, -0.05) is 30.0 Å². The minimum absolute atomic E-state index is 0.163. The lowest BCUT2D eigenvalue weighted by Crippen LogP contribution is -2.34. The van der Waals surface area contributed by atoms with Crippen LogP contribution < -0.4 is 4.90 Å². The zero-order valence-corrected chi connectivity index (χ0v) is 16.7. The molecule has 1 aromatic carbocycles. The zero-order chi connectivity index (χ0) is 18.6. The first kappa shape index (κ1) is 18.3. The van der Waals surface area contributed by atoms with E-state index in [0.717, 1.165) is 55.8 Å². The highest BCUT2D eigenvalue weighted by atomic mass is 32.2. The summed E-state index contributed by atoms with van der Waals surface area (Å²) < 4.78 is 2.11. The summed E-state index contributed by atoms with van der Waals surface area (Å²) in [6.07, 6.45) is 5.88. The van der Waals surface area contributed by atoms with E-state index in [1.54, 1.807) is 0 Å². The molecule has 2 fully saturated rings. The average molecular weight is 386 g/mol. The zero-order valence-electron chi connectivity index (χ0n) is 15.9. The van der Waals surface area contributed by atoms with Crippen LogP contribution in [-0.2, 0) is 4.79 Å². The molecule has 144 valence electrons. The Morgan fingerprint density at radius 1 is 0.963 bits per heavy atom. The van der Waals surface area contributed by atoms with E-state index < -0.39 is 0 Å². The minimum atomic E-state index is -0.163. The van der Waals surface area contributed by atoms with E-state index in [1.807, 2.05) is 30.0 Å². The van der Waals surface area contributed by atoms with Gasteiger partial charge in [-0.25, -0.2) is 0 Å². The van der Waals surface area contributed by atoms with Crippen molar-refractivity contribution in [1.82, 2.24) is 19.7 Å². The summed E-state index contributed by atoms with van der Waals surface area (Å²) in [4.78, 5) is 17.0. The Morgan fingerprint density at radius 2 is 1.63 bits per heavy atom. The monoisotopic (exact) mass is 385 g/mol. The van der Waals surface area contributed by atoms with Crippen LogP contribution in [0.2, 0.25) is 0 Å². The summed E-state index contributed by atoms with van der Waals surface area (Å²) >= 11 is 1.52. The normalized spacial score (nSPS) is 18.7. The van der Waals surface area contributed by atoms with Crippen molar-refractivity contribution in [2.75, 3.05) is 31.1 Å². The highest BCUT2D eigenvalue weighted by Gasteiger charge is 2.28. The lowest BCUT2D eigenvalue weighted by atomic mass is 10.1. The first-order valence-corrected chi connectivity index (χ1v) is 10.8. The van der Waals surface area contributed by atoms with Gasteiger partial charge in [0, 0.05) is 26.2 Å². The Kier molecular flexibility index (Phi) is 5.66. The molecule has 2 aromatic rings. The number of hydrogen-bond donors (Lipinski definition) is 0. The maximum Gasteiger partial charge on any atom is 0.235 e. The van der Waals surface area contributed by atoms with Crippen molar-refractivity contribution in [3.05, 3.63) is 30.3 Å². The molecule has 6 nitrogen and oxygen atoms in total. The molecule has 0 bridgehead atoms. The van der Waals surface area contributed by atoms with Crippen LogP contribution in [0.25, 0.3) is 5.69 Å². The van der Waals surface area contributed by atoms with Crippen molar-refractivity contribution in [3.63, 3.8) is 0 Å². The number of aromatic nitrogens is 3. The van der Waals surface area contributed by atoms with E-state index in [4.69, 9.17) is 0 Å². The van der Waals surface area contributed by atoms with Crippen LogP contribution in [0.3, 0.4) is 0 Å². The number of anilines is 1. The molecule has 0 aliphatic carbocycles. The van der Waals surface area contributed by atoms with Gasteiger partial charge in [0.1, 0.15) is 0 Å². The number of para-hydroxylation sites is 1. The molecule has 1 atom stereocenters. The number of thioether (sulfide) groups is 1. The lowest BCUT2D eigenvalue weighted by molar-refractivity contribution is -0.129. The van der Waals surface area contributed by atoms with Gasteiger partial charge in [0.25, 0.3) is 0 Å². The number of piperidine rings is 1. The summed E-state index contributed by atoms with van der Waals surface area (Å²) in [5.41, 5.74) is 1.05. The second-order valence-corrected chi connectivity index (χ2v) is 8.60. The van der Waals surface area contributed by atoms with Crippen molar-refractivity contribution in [3.8, 4) is 5.69 Å². The maximum atomic E-state index is 12.7. The molecule has 0 N–H and O–H groups in total. The number of likely N-dealkylation sites (tertiary alicyclic amines) is 1. The molecular formula is C20H27N5OS. The van der Waals surface area contributed by atoms with E-state index in [0.29, 0.717) is 0 Å². The third-order valence-electron chi connectivity index (χ3n) is 5.32. The number of hydrogen-bond acceptors (Lipinski definition) is 5. The summed E-state index contributed by atoms with van der Waals surface area (Å²) in [7, 11) is 0. The van der Waals surface area contributed by atoms with Crippen molar-refractivity contribution in [1.29, 1.82) is 0 Å². The standard InChI is InChI=1S/C20H27N5OS/c1-16(18(26)23-12-8-9-13-23)27-20-22-21-19(24-14-6-3-7-15-24)25(20)17-10-4-2-5-11-17/h2,4-5,10-11,16H,3,6-9,12-15H2,1H3/t16-/m1/s1. The number of carbonyl (C=O) groups is 1. The van der Waals surface area contributed by atoms with Crippen LogP contribution in [0.15, 0.2) is 35.5 Å². The maximum absolute atomic E-state index is 12.7. The van der Waals surface area contributed by atoms with Gasteiger partial charge in [-0.2, -0.15) is 0 Å². The van der Waals surface area contributed by atoms with Gasteiger partial charge < -0.3 is 9.80 Å². The van der Waals surface area contributed by atoms with Crippen molar-refractivity contribution < 1.29 is 4.79 Å². The number of nitrogens with zero attached hydrogens (tertiary/aromatic N) is 5. The largest absolute Gasteiger partial charge is 0.342 e. The molecule has 4 rings (SSSR count). The van der Waals surface area contributed by atoms with E-state index in [9.17, 15) is 4.79 Å². The van der Waals surface area contributed by atoms with Gasteiger partial charge in [0.05, 0.1) is 10.9 Å². The average Bonchev–Trinajstić information content (AvgIpc) is 3.39. The number of rotatable bonds is 5. The number of benzene rings is 1. The van der Waals surface area contributed by atoms with Crippen molar-refractivity contribution in [2.24, 2.45) is 0 Å². The van der Waals surface area contributed by atoms with Crippen LogP contribution in [-0.4, -0.2) is 57.0 Å². The van der Waals surface area contributed by atoms with Gasteiger partial charge in [-0.15, -0.1) is 10.2 Å². The Hall–Kier alpha value is -2.02. The summed E-state index contributed by atoms with van der Waals surface area (Å²) in [6, 6.07) is 10.2. The molecule has 2 saturated heterocycles. The molecule has 0 radical (unpaired) electrons. The first-order valence-electron chi connectivity index (χ1n) is 9.95. The molecule has 0 saturated carbocycles. The Balaban J connectivity index is 1.61. The van der Waals surface area contributed by atoms with E-state index in [-0.39, 0.29) is 11.2 Å². The van der Waals surface area contributed by atoms with E-state index in [1.165, 1.54) is 31.0 Å². The van der Waals surface area contributed by atoms with E-state index in [2.05, 4.69) is 31.8 Å². The van der Waals surface area contributed by atoms with Crippen LogP contribution in [0.5, 0.6) is 0 Å². The second kappa shape index (κ2) is 8.33. The molecule has 3 heterocycles. The number of carbonyl (C=O) groups excluding carboxylic acids is 1. The summed E-state index contributed by atoms with van der Waals surface area (Å²) in [5.74, 6) is 1.10. The molecule has 2 aliphatic heterocycles. The molecule has 2 aliphatic rings. The van der Waals surface area contributed by atoms with E-state index >= 15 is 0 Å². The Morgan fingerprint density at radius 3 is 2.33 bits per heavy atom. The predicted octanol–water partition coefficient (Wildman–Crippen LogP) is 3.36. The van der Waals surface area contributed by atoms with Gasteiger partial charge >= 0.3 is 0 Å². The van der Waals surface area contributed by atoms with Crippen LogP contribution >= 0.6 is 11.8 Å². The smallest absolute Gasteiger partial charge is 0.235 e. The van der Waals surface area contributed by atoms with Gasteiger partial charge in [0.2, 0.25) is 11.9 Å². The molecule has 1 aromatic heterocycles. The Labute approximate surface area is 164 Å². The van der Waals surface area contributed by atoms with Crippen LogP contribution in [0.4, 0.5) is 5.95 Å². The molecule has 1 amide bonds. The Bertz CT molecular complexity index is 766. The fourth-order valence-corrected chi connectivity index (χ4v) is 4.79. The van der Waals surface area contributed by atoms with Crippen LogP contribution in [0, 0.1) is 0 Å². The molecule has 0 spiro atoms. The fourth-order valence-electron chi connectivity index (χ4n) is 3.84. The third kappa shape index (κ3) is 3.98. The van der Waals surface area contributed by atoms with Gasteiger partial charge in [0.15, 0.2) is 5.16 Å². The molecule has 0 unspecified atom stereocenters. The molecule has 27 heavy (non-hydrogen) atoms. The van der Waals surface area contributed by atoms with Gasteiger partial charge in [-0.3, -0.25) is 9.36 Å². The minimum Gasteiger partial charge on any atom is -0.342 e. The SMILES string of the molecule is C[C@@H](Sc1nnc(N2CCCCC2)n1-c1ccccc1)C(=O)N1CCCC1. The molecular weight excluding hydrogens is 358 g/mol. The lowest BCUT2D eigenvalue weighted by Gasteiger charge is -2.28. The summed E-state index contributed by atoms with van der Waals surface area (Å²) in [6.45, 7) is 5.77. The van der Waals surface area contributed by atoms with Crippen molar-refractivity contribution in [2.45, 2.75) is 49.4 Å². The topological polar surface area (TPSA) is 54.3 Å². The van der Waals surface area contributed by atoms with Gasteiger partial charge in [-0.05, 0) is 51.2 Å². The second-order valence-electron chi connectivity index (χ2n) is 7.29. The highest BCUT2D eigenvalue weighted by molar-refractivity contribution is 8.00. The highest BCUT2D eigenvalue weighted by Crippen LogP contribution is 2.31. The van der Waals surface area contributed by atoms with Crippen LogP contribution in [0.1, 0.15) is 39.0 Å². The summed E-state index contributed by atoms with van der Waals surface area (Å²) in [5, 5.41) is 9.63. The number of amides is 1. The quantitative estimate of drug-likeness (QED) is 0.739. The third-order valence-corrected chi connectivity index (χ3v) is 6.35. The predicted molar refractivity (Wildman–Crippen MR) is 109 cm³/mol.